The van der Waals surface area contributed by atoms with Crippen LogP contribution in [0.2, 0.25) is 0 Å². The molecule has 48 heavy (non-hydrogen) atoms. The molecule has 0 spiro atoms. The Balaban J connectivity index is 2.89. The first-order valence-electron chi connectivity index (χ1n) is 19.8. The average Bonchev–Trinajstić information content (AvgIpc) is 3.37. The fraction of sp³-hybridized carbons (Fsp3) is 0.923. The molecule has 284 valence electrons. The number of hydrogen-bond acceptors (Lipinski definition) is 8. The lowest BCUT2D eigenvalue weighted by molar-refractivity contribution is -0.311. The summed E-state index contributed by atoms with van der Waals surface area (Å²) in [6.07, 6.45) is 23.1. The monoisotopic (exact) mass is 686 g/mol. The van der Waals surface area contributed by atoms with Gasteiger partial charge in [0.15, 0.2) is 5.60 Å². The molecule has 0 aromatic carbocycles. The molecule has 0 aromatic heterocycles. The van der Waals surface area contributed by atoms with Gasteiger partial charge in [-0.15, -0.1) is 0 Å². The first-order valence-corrected chi connectivity index (χ1v) is 19.8. The second kappa shape index (κ2) is 26.7. The molecule has 6 N–H and O–H groups in total. The number of ether oxygens (including phenoxy) is 1. The maximum Gasteiger partial charge on any atom is 0.246 e. The largest absolute Gasteiger partial charge is 0.391 e. The van der Waals surface area contributed by atoms with Crippen LogP contribution in [0.25, 0.3) is 0 Å². The number of carbonyl (C=O) groups excluding carboxylic acids is 1. The third-order valence-electron chi connectivity index (χ3n) is 10.1. The van der Waals surface area contributed by atoms with Crippen LogP contribution in [0.15, 0.2) is 11.6 Å². The van der Waals surface area contributed by atoms with Crippen molar-refractivity contribution in [1.82, 2.24) is 4.90 Å². The molecule has 1 aliphatic heterocycles. The van der Waals surface area contributed by atoms with E-state index in [4.69, 9.17) is 4.74 Å². The zero-order valence-electron chi connectivity index (χ0n) is 31.1. The Bertz CT molecular complexity index is 837. The van der Waals surface area contributed by atoms with Crippen LogP contribution in [0, 0.1) is 0 Å². The SMILES string of the molecule is CCCCCCCCCCCC(=CC(=O)N(CCCC1(C(O)(O)CO)OC[C@@H](O)[C@H]1O)CC(O)CCCCCCCCCC)CCCC. The van der Waals surface area contributed by atoms with Crippen LogP contribution in [0.3, 0.4) is 0 Å². The van der Waals surface area contributed by atoms with Gasteiger partial charge in [0.2, 0.25) is 11.7 Å². The molecular formula is C39H75NO8. The highest BCUT2D eigenvalue weighted by Crippen LogP contribution is 2.39. The lowest BCUT2D eigenvalue weighted by atomic mass is 9.82. The predicted octanol–water partition coefficient (Wildman–Crippen LogP) is 6.69. The van der Waals surface area contributed by atoms with Gasteiger partial charge in [-0.3, -0.25) is 4.79 Å². The summed E-state index contributed by atoms with van der Waals surface area (Å²) < 4.78 is 5.53. The Morgan fingerprint density at radius 1 is 0.792 bits per heavy atom. The highest BCUT2D eigenvalue weighted by atomic mass is 16.6. The molecule has 4 atom stereocenters. The summed E-state index contributed by atoms with van der Waals surface area (Å²) in [6.45, 7) is 5.57. The van der Waals surface area contributed by atoms with Crippen LogP contribution in [-0.2, 0) is 9.53 Å². The first kappa shape index (κ1) is 45.0. The van der Waals surface area contributed by atoms with Crippen LogP contribution in [0.1, 0.15) is 175 Å². The molecule has 1 amide bonds. The minimum atomic E-state index is -2.78. The van der Waals surface area contributed by atoms with Crippen molar-refractivity contribution in [2.75, 3.05) is 26.3 Å². The number of amides is 1. The van der Waals surface area contributed by atoms with E-state index in [1.165, 1.54) is 77.0 Å². The van der Waals surface area contributed by atoms with Gasteiger partial charge in [0.1, 0.15) is 12.2 Å². The zero-order valence-corrected chi connectivity index (χ0v) is 31.1. The van der Waals surface area contributed by atoms with Crippen LogP contribution in [0.5, 0.6) is 0 Å². The Hall–Kier alpha value is -1.07. The number of aliphatic hydroxyl groups excluding tert-OH is 4. The Kier molecular flexibility index (Phi) is 25.0. The minimum absolute atomic E-state index is 0.110. The lowest BCUT2D eigenvalue weighted by Gasteiger charge is -2.41. The van der Waals surface area contributed by atoms with E-state index in [0.29, 0.717) is 6.42 Å². The molecule has 1 fully saturated rings. The minimum Gasteiger partial charge on any atom is -0.391 e. The lowest BCUT2D eigenvalue weighted by Crippen LogP contribution is -2.63. The summed E-state index contributed by atoms with van der Waals surface area (Å²) in [5, 5.41) is 62.5. The van der Waals surface area contributed by atoms with Crippen molar-refractivity contribution in [1.29, 1.82) is 0 Å². The number of hydrogen-bond donors (Lipinski definition) is 6. The van der Waals surface area contributed by atoms with Crippen molar-refractivity contribution in [3.8, 4) is 0 Å². The van der Waals surface area contributed by atoms with Crippen molar-refractivity contribution in [2.24, 2.45) is 0 Å². The molecule has 9 heteroatoms. The van der Waals surface area contributed by atoms with Gasteiger partial charge in [-0.25, -0.2) is 0 Å². The van der Waals surface area contributed by atoms with E-state index in [2.05, 4.69) is 20.8 Å². The number of rotatable bonds is 31. The molecule has 0 bridgehead atoms. The van der Waals surface area contributed by atoms with E-state index in [9.17, 15) is 35.4 Å². The van der Waals surface area contributed by atoms with E-state index in [1.54, 1.807) is 11.0 Å². The summed E-state index contributed by atoms with van der Waals surface area (Å²) in [4.78, 5) is 15.4. The highest BCUT2D eigenvalue weighted by Gasteiger charge is 2.61. The fourth-order valence-corrected chi connectivity index (χ4v) is 6.91. The summed E-state index contributed by atoms with van der Waals surface area (Å²) in [5.41, 5.74) is -0.865. The van der Waals surface area contributed by atoms with Crippen LogP contribution in [-0.4, -0.2) is 97.4 Å². The van der Waals surface area contributed by atoms with Gasteiger partial charge < -0.3 is 40.3 Å². The van der Waals surface area contributed by atoms with Crippen LogP contribution in [0.4, 0.5) is 0 Å². The van der Waals surface area contributed by atoms with Crippen molar-refractivity contribution in [3.63, 3.8) is 0 Å². The van der Waals surface area contributed by atoms with Gasteiger partial charge in [-0.1, -0.05) is 135 Å². The molecule has 9 nitrogen and oxygen atoms in total. The van der Waals surface area contributed by atoms with E-state index >= 15 is 0 Å². The molecule has 1 aliphatic rings. The standard InChI is InChI=1S/C39H75NO8/c1-4-7-10-12-14-16-17-19-21-25-33(24-9-6-3)29-36(44)40(30-34(42)26-22-20-18-15-13-11-8-5-2)28-23-27-38(39(46,47)32-41)37(45)35(43)31-48-38/h29,34-35,37,41-43,45-47H,4-28,30-32H2,1-3H3/t34?,35-,37-,38?/m1/s1. The van der Waals surface area contributed by atoms with Gasteiger partial charge in [0.05, 0.1) is 19.3 Å². The van der Waals surface area contributed by atoms with Crippen LogP contribution < -0.4 is 0 Å². The van der Waals surface area contributed by atoms with E-state index in [-0.39, 0.29) is 38.4 Å². The average molecular weight is 686 g/mol. The summed E-state index contributed by atoms with van der Waals surface area (Å²) >= 11 is 0. The summed E-state index contributed by atoms with van der Waals surface area (Å²) in [6, 6.07) is 0. The molecule has 1 saturated heterocycles. The van der Waals surface area contributed by atoms with Crippen molar-refractivity contribution < 1.29 is 40.2 Å². The Labute approximate surface area is 293 Å². The maximum absolute atomic E-state index is 13.8. The second-order valence-electron chi connectivity index (χ2n) is 14.5. The third kappa shape index (κ3) is 17.2. The quantitative estimate of drug-likeness (QED) is 0.0269. The number of aliphatic hydroxyl groups is 6. The summed E-state index contributed by atoms with van der Waals surface area (Å²) in [7, 11) is 0. The van der Waals surface area contributed by atoms with E-state index in [1.807, 2.05) is 0 Å². The third-order valence-corrected chi connectivity index (χ3v) is 10.1. The maximum atomic E-state index is 13.8. The van der Waals surface area contributed by atoms with Gasteiger partial charge in [0.25, 0.3) is 0 Å². The molecule has 1 rings (SSSR count). The van der Waals surface area contributed by atoms with Gasteiger partial charge in [-0.05, 0) is 44.9 Å². The number of carbonyl (C=O) groups is 1. The van der Waals surface area contributed by atoms with Crippen LogP contribution >= 0.6 is 0 Å². The van der Waals surface area contributed by atoms with E-state index in [0.717, 1.165) is 63.4 Å². The molecule has 0 aromatic rings. The van der Waals surface area contributed by atoms with Gasteiger partial charge in [0, 0.05) is 19.2 Å². The Morgan fingerprint density at radius 2 is 1.29 bits per heavy atom. The zero-order chi connectivity index (χ0) is 35.7. The number of unbranched alkanes of at least 4 members (excludes halogenated alkanes) is 16. The number of allylic oxidation sites excluding steroid dienone is 1. The topological polar surface area (TPSA) is 151 Å². The Morgan fingerprint density at radius 3 is 1.79 bits per heavy atom. The van der Waals surface area contributed by atoms with Crippen molar-refractivity contribution in [2.45, 2.75) is 205 Å². The number of nitrogens with zero attached hydrogens (tertiary/aromatic N) is 1. The normalized spacial score (nSPS) is 20.8. The van der Waals surface area contributed by atoms with Crippen molar-refractivity contribution >= 4 is 5.91 Å². The molecule has 1 heterocycles. The van der Waals surface area contributed by atoms with Gasteiger partial charge >= 0.3 is 0 Å². The fourth-order valence-electron chi connectivity index (χ4n) is 6.91. The molecule has 0 aliphatic carbocycles. The van der Waals surface area contributed by atoms with E-state index < -0.39 is 36.3 Å². The molecule has 2 unspecified atom stereocenters. The molecule has 0 radical (unpaired) electrons. The van der Waals surface area contributed by atoms with Gasteiger partial charge in [-0.2, -0.15) is 0 Å². The highest BCUT2D eigenvalue weighted by molar-refractivity contribution is 5.88. The first-order chi connectivity index (χ1) is 23.1. The molecule has 0 saturated carbocycles. The smallest absolute Gasteiger partial charge is 0.246 e. The molecular weight excluding hydrogens is 610 g/mol. The summed E-state index contributed by atoms with van der Waals surface area (Å²) in [5.74, 6) is -2.95. The predicted molar refractivity (Wildman–Crippen MR) is 193 cm³/mol. The second-order valence-corrected chi connectivity index (χ2v) is 14.5. The van der Waals surface area contributed by atoms with Crippen molar-refractivity contribution in [3.05, 3.63) is 11.6 Å².